The summed E-state index contributed by atoms with van der Waals surface area (Å²) in [6.45, 7) is 2.41. The van der Waals surface area contributed by atoms with Crippen LogP contribution < -0.4 is 4.74 Å². The number of halogens is 2. The van der Waals surface area contributed by atoms with Crippen LogP contribution in [0.25, 0.3) is 11.1 Å². The lowest BCUT2D eigenvalue weighted by molar-refractivity contribution is 0.340. The number of rotatable bonds is 3. The second-order valence-electron chi connectivity index (χ2n) is 3.72. The summed E-state index contributed by atoms with van der Waals surface area (Å²) in [5.41, 5.74) is 0.628. The topological polar surface area (TPSA) is 29.5 Å². The van der Waals surface area contributed by atoms with Gasteiger partial charge >= 0.3 is 0 Å². The molecular weight excluding hydrogens is 238 g/mol. The van der Waals surface area contributed by atoms with Crippen molar-refractivity contribution in [1.82, 2.24) is 0 Å². The fourth-order valence-electron chi connectivity index (χ4n) is 1.66. The first kappa shape index (κ1) is 12.4. The smallest absolute Gasteiger partial charge is 0.200 e. The summed E-state index contributed by atoms with van der Waals surface area (Å²) >= 11 is 0. The Morgan fingerprint density at radius 3 is 2.28 bits per heavy atom. The SMILES string of the molecule is CCOc1ccc(-c2ccc(O)c(F)c2F)cc1. The second kappa shape index (κ2) is 5.04. The number of phenols is 1. The Morgan fingerprint density at radius 2 is 1.67 bits per heavy atom. The van der Waals surface area contributed by atoms with Gasteiger partial charge in [0.05, 0.1) is 6.61 Å². The van der Waals surface area contributed by atoms with Gasteiger partial charge in [-0.1, -0.05) is 12.1 Å². The van der Waals surface area contributed by atoms with Crippen LogP contribution in [-0.4, -0.2) is 11.7 Å². The van der Waals surface area contributed by atoms with Crippen molar-refractivity contribution >= 4 is 0 Å². The summed E-state index contributed by atoms with van der Waals surface area (Å²) < 4.78 is 32.1. The fourth-order valence-corrected chi connectivity index (χ4v) is 1.66. The molecule has 0 aliphatic heterocycles. The lowest BCUT2D eigenvalue weighted by Crippen LogP contribution is -1.92. The Labute approximate surface area is 103 Å². The zero-order valence-corrected chi connectivity index (χ0v) is 9.78. The summed E-state index contributed by atoms with van der Waals surface area (Å²) in [6.07, 6.45) is 0. The molecular formula is C14H12F2O2. The molecule has 0 aromatic heterocycles. The van der Waals surface area contributed by atoms with Crippen LogP contribution in [-0.2, 0) is 0 Å². The van der Waals surface area contributed by atoms with Crippen molar-refractivity contribution in [3.05, 3.63) is 48.0 Å². The van der Waals surface area contributed by atoms with Gasteiger partial charge < -0.3 is 9.84 Å². The largest absolute Gasteiger partial charge is 0.505 e. The average Bonchev–Trinajstić information content (AvgIpc) is 2.38. The molecule has 0 heterocycles. The summed E-state index contributed by atoms with van der Waals surface area (Å²) in [7, 11) is 0. The van der Waals surface area contributed by atoms with Gasteiger partial charge in [-0.05, 0) is 36.8 Å². The maximum Gasteiger partial charge on any atom is 0.200 e. The van der Waals surface area contributed by atoms with Crippen molar-refractivity contribution in [2.24, 2.45) is 0 Å². The molecule has 0 fully saturated rings. The monoisotopic (exact) mass is 250 g/mol. The summed E-state index contributed by atoms with van der Waals surface area (Å²) in [6, 6.07) is 9.11. The second-order valence-corrected chi connectivity index (χ2v) is 3.72. The van der Waals surface area contributed by atoms with E-state index in [-0.39, 0.29) is 5.56 Å². The lowest BCUT2D eigenvalue weighted by Gasteiger charge is -2.07. The van der Waals surface area contributed by atoms with Crippen molar-refractivity contribution in [2.45, 2.75) is 6.92 Å². The van der Waals surface area contributed by atoms with Crippen molar-refractivity contribution in [3.63, 3.8) is 0 Å². The van der Waals surface area contributed by atoms with E-state index >= 15 is 0 Å². The first-order valence-electron chi connectivity index (χ1n) is 5.53. The molecule has 1 N–H and O–H groups in total. The highest BCUT2D eigenvalue weighted by Gasteiger charge is 2.13. The molecule has 0 amide bonds. The highest BCUT2D eigenvalue weighted by atomic mass is 19.2. The third kappa shape index (κ3) is 2.27. The molecule has 2 aromatic carbocycles. The molecule has 0 atom stereocenters. The van der Waals surface area contributed by atoms with Gasteiger partial charge in [0.15, 0.2) is 11.6 Å². The van der Waals surface area contributed by atoms with Gasteiger partial charge in [-0.3, -0.25) is 0 Å². The zero-order chi connectivity index (χ0) is 13.1. The van der Waals surface area contributed by atoms with E-state index in [4.69, 9.17) is 9.84 Å². The number of hydrogen-bond donors (Lipinski definition) is 1. The Kier molecular flexibility index (Phi) is 3.46. The summed E-state index contributed by atoms with van der Waals surface area (Å²) in [5, 5.41) is 9.05. The van der Waals surface area contributed by atoms with Gasteiger partial charge in [0.2, 0.25) is 5.82 Å². The quantitative estimate of drug-likeness (QED) is 0.899. The average molecular weight is 250 g/mol. The molecule has 0 unspecified atom stereocenters. The molecule has 94 valence electrons. The predicted molar refractivity (Wildman–Crippen MR) is 64.6 cm³/mol. The van der Waals surface area contributed by atoms with Crippen LogP contribution in [0.4, 0.5) is 8.78 Å². The van der Waals surface area contributed by atoms with E-state index < -0.39 is 17.4 Å². The van der Waals surface area contributed by atoms with Gasteiger partial charge in [0.1, 0.15) is 5.75 Å². The third-order valence-corrected chi connectivity index (χ3v) is 2.54. The number of benzene rings is 2. The maximum atomic E-state index is 13.6. The van der Waals surface area contributed by atoms with Crippen LogP contribution >= 0.6 is 0 Å². The maximum absolute atomic E-state index is 13.6. The van der Waals surface area contributed by atoms with Crippen molar-refractivity contribution < 1.29 is 18.6 Å². The van der Waals surface area contributed by atoms with Crippen LogP contribution in [0.1, 0.15) is 6.92 Å². The van der Waals surface area contributed by atoms with E-state index in [1.807, 2.05) is 6.92 Å². The molecule has 4 heteroatoms. The molecule has 0 aliphatic rings. The Balaban J connectivity index is 2.40. The minimum atomic E-state index is -1.23. The Hall–Kier alpha value is -2.10. The van der Waals surface area contributed by atoms with E-state index in [2.05, 4.69) is 0 Å². The first-order chi connectivity index (χ1) is 8.63. The molecule has 0 aliphatic carbocycles. The fraction of sp³-hybridized carbons (Fsp3) is 0.143. The molecule has 2 rings (SSSR count). The number of aromatic hydroxyl groups is 1. The lowest BCUT2D eigenvalue weighted by atomic mass is 10.0. The molecule has 2 nitrogen and oxygen atoms in total. The van der Waals surface area contributed by atoms with Gasteiger partial charge in [0, 0.05) is 5.56 Å². The van der Waals surface area contributed by atoms with Crippen molar-refractivity contribution in [3.8, 4) is 22.6 Å². The molecule has 0 radical (unpaired) electrons. The summed E-state index contributed by atoms with van der Waals surface area (Å²) in [5.74, 6) is -2.32. The van der Waals surface area contributed by atoms with Gasteiger partial charge in [-0.25, -0.2) is 4.39 Å². The minimum absolute atomic E-state index is 0.105. The molecule has 2 aromatic rings. The highest BCUT2D eigenvalue weighted by molar-refractivity contribution is 5.65. The van der Waals surface area contributed by atoms with E-state index in [9.17, 15) is 8.78 Å². The van der Waals surface area contributed by atoms with Gasteiger partial charge in [0.25, 0.3) is 0 Å². The number of hydrogen-bond acceptors (Lipinski definition) is 2. The summed E-state index contributed by atoms with van der Waals surface area (Å²) in [4.78, 5) is 0. The molecule has 0 saturated carbocycles. The van der Waals surface area contributed by atoms with Gasteiger partial charge in [-0.2, -0.15) is 4.39 Å². The molecule has 0 spiro atoms. The zero-order valence-electron chi connectivity index (χ0n) is 9.78. The molecule has 0 bridgehead atoms. The van der Waals surface area contributed by atoms with Crippen LogP contribution in [0.2, 0.25) is 0 Å². The molecule has 0 saturated heterocycles. The van der Waals surface area contributed by atoms with Crippen LogP contribution in [0, 0.1) is 11.6 Å². The van der Waals surface area contributed by atoms with E-state index in [1.54, 1.807) is 24.3 Å². The van der Waals surface area contributed by atoms with Crippen LogP contribution in [0.15, 0.2) is 36.4 Å². The van der Waals surface area contributed by atoms with E-state index in [1.165, 1.54) is 6.07 Å². The van der Waals surface area contributed by atoms with Crippen LogP contribution in [0.5, 0.6) is 11.5 Å². The van der Waals surface area contributed by atoms with Crippen molar-refractivity contribution in [1.29, 1.82) is 0 Å². The Morgan fingerprint density at radius 1 is 1.00 bits per heavy atom. The number of ether oxygens (including phenoxy) is 1. The highest BCUT2D eigenvalue weighted by Crippen LogP contribution is 2.30. The van der Waals surface area contributed by atoms with E-state index in [0.717, 1.165) is 6.07 Å². The van der Waals surface area contributed by atoms with Crippen LogP contribution in [0.3, 0.4) is 0 Å². The third-order valence-electron chi connectivity index (χ3n) is 2.54. The predicted octanol–water partition coefficient (Wildman–Crippen LogP) is 3.74. The first-order valence-corrected chi connectivity index (χ1v) is 5.53. The normalized spacial score (nSPS) is 10.4. The standard InChI is InChI=1S/C14H12F2O2/c1-2-18-10-5-3-9(4-6-10)11-7-8-12(17)14(16)13(11)15/h3-8,17H,2H2,1H3. The minimum Gasteiger partial charge on any atom is -0.505 e. The Bertz CT molecular complexity index is 550. The number of phenolic OH excluding ortho intramolecular Hbond substituents is 1. The van der Waals surface area contributed by atoms with Crippen molar-refractivity contribution in [2.75, 3.05) is 6.61 Å². The van der Waals surface area contributed by atoms with E-state index in [0.29, 0.717) is 17.9 Å². The molecule has 18 heavy (non-hydrogen) atoms. The van der Waals surface area contributed by atoms with Gasteiger partial charge in [-0.15, -0.1) is 0 Å².